The average Bonchev–Trinajstić information content (AvgIpc) is 2.93. The molecule has 4 heteroatoms. The number of Topliss-reactive ketones (excluding diaryl/α,β-unsaturated/α-hetero) is 1. The van der Waals surface area contributed by atoms with Gasteiger partial charge < -0.3 is 14.2 Å². The molecule has 0 N–H and O–H groups in total. The second kappa shape index (κ2) is 5.25. The number of aryl methyl sites for hydroxylation is 1. The van der Waals surface area contributed by atoms with Crippen molar-refractivity contribution in [3.63, 3.8) is 0 Å². The Morgan fingerprint density at radius 3 is 2.65 bits per heavy atom. The van der Waals surface area contributed by atoms with Crippen LogP contribution in [0, 0.1) is 6.92 Å². The fraction of sp³-hybridized carbons (Fsp3) is 0.188. The van der Waals surface area contributed by atoms with Gasteiger partial charge in [-0.15, -0.1) is 0 Å². The minimum absolute atomic E-state index is 0.00268. The molecule has 0 unspecified atom stereocenters. The lowest BCUT2D eigenvalue weighted by Gasteiger charge is -2.06. The Bertz CT molecular complexity index is 631. The number of carbonyl (C=O) groups excluding carboxylic acids is 1. The molecule has 0 saturated heterocycles. The van der Waals surface area contributed by atoms with Gasteiger partial charge in [0.25, 0.3) is 0 Å². The third-order valence-corrected chi connectivity index (χ3v) is 3.09. The monoisotopic (exact) mass is 270 g/mol. The fourth-order valence-corrected chi connectivity index (χ4v) is 1.94. The molecule has 0 fully saturated rings. The highest BCUT2D eigenvalue weighted by atomic mass is 16.7. The van der Waals surface area contributed by atoms with Gasteiger partial charge in [0.2, 0.25) is 6.79 Å². The molecule has 2 aromatic rings. The molecule has 3 rings (SSSR count). The third-order valence-electron chi connectivity index (χ3n) is 3.09. The summed E-state index contributed by atoms with van der Waals surface area (Å²) < 4.78 is 16.0. The van der Waals surface area contributed by atoms with Crippen LogP contribution in [-0.4, -0.2) is 19.2 Å². The zero-order valence-electron chi connectivity index (χ0n) is 11.1. The van der Waals surface area contributed by atoms with Crippen LogP contribution in [0.15, 0.2) is 42.5 Å². The molecule has 4 nitrogen and oxygen atoms in total. The standard InChI is InChI=1S/C16H14O4/c1-11-2-4-12(5-3-11)14(17)9-18-13-6-7-15-16(8-13)20-10-19-15/h2-8H,9-10H2,1H3. The molecule has 0 spiro atoms. The summed E-state index contributed by atoms with van der Waals surface area (Å²) in [7, 11) is 0. The summed E-state index contributed by atoms with van der Waals surface area (Å²) in [5.74, 6) is 1.88. The number of carbonyl (C=O) groups is 1. The number of benzene rings is 2. The van der Waals surface area contributed by atoms with Crippen molar-refractivity contribution >= 4 is 5.78 Å². The summed E-state index contributed by atoms with van der Waals surface area (Å²) in [5, 5.41) is 0. The smallest absolute Gasteiger partial charge is 0.231 e. The molecule has 1 heterocycles. The van der Waals surface area contributed by atoms with Crippen molar-refractivity contribution in [2.24, 2.45) is 0 Å². The Morgan fingerprint density at radius 1 is 1.10 bits per heavy atom. The van der Waals surface area contributed by atoms with E-state index in [4.69, 9.17) is 14.2 Å². The van der Waals surface area contributed by atoms with E-state index in [-0.39, 0.29) is 19.2 Å². The van der Waals surface area contributed by atoms with Crippen LogP contribution < -0.4 is 14.2 Å². The maximum atomic E-state index is 12.0. The molecule has 1 aliphatic heterocycles. The predicted molar refractivity (Wildman–Crippen MR) is 73.6 cm³/mol. The van der Waals surface area contributed by atoms with E-state index in [1.807, 2.05) is 19.1 Å². The maximum absolute atomic E-state index is 12.0. The first kappa shape index (κ1) is 12.5. The molecule has 0 amide bonds. The number of rotatable bonds is 4. The normalized spacial score (nSPS) is 12.2. The molecule has 1 aliphatic rings. The Balaban J connectivity index is 1.64. The molecular weight excluding hydrogens is 256 g/mol. The van der Waals surface area contributed by atoms with Crippen LogP contribution in [0.4, 0.5) is 0 Å². The molecule has 20 heavy (non-hydrogen) atoms. The van der Waals surface area contributed by atoms with Gasteiger partial charge in [0, 0.05) is 11.6 Å². The summed E-state index contributed by atoms with van der Waals surface area (Å²) in [6, 6.07) is 12.7. The van der Waals surface area contributed by atoms with Gasteiger partial charge in [0.15, 0.2) is 23.9 Å². The van der Waals surface area contributed by atoms with Crippen LogP contribution in [0.25, 0.3) is 0 Å². The van der Waals surface area contributed by atoms with Crippen molar-refractivity contribution in [2.45, 2.75) is 6.92 Å². The summed E-state index contributed by atoms with van der Waals surface area (Å²) in [6.07, 6.45) is 0. The van der Waals surface area contributed by atoms with Gasteiger partial charge in [0.05, 0.1) is 0 Å². The molecule has 102 valence electrons. The van der Waals surface area contributed by atoms with Crippen LogP contribution >= 0.6 is 0 Å². The average molecular weight is 270 g/mol. The van der Waals surface area contributed by atoms with Gasteiger partial charge in [-0.25, -0.2) is 0 Å². The molecule has 0 aromatic heterocycles. The SMILES string of the molecule is Cc1ccc(C(=O)COc2ccc3c(c2)OCO3)cc1. The van der Waals surface area contributed by atoms with E-state index in [2.05, 4.69) is 0 Å². The van der Waals surface area contributed by atoms with Crippen molar-refractivity contribution in [3.8, 4) is 17.2 Å². The summed E-state index contributed by atoms with van der Waals surface area (Å²) in [6.45, 7) is 2.21. The Hall–Kier alpha value is -2.49. The van der Waals surface area contributed by atoms with E-state index in [1.165, 1.54) is 0 Å². The van der Waals surface area contributed by atoms with E-state index >= 15 is 0 Å². The lowest BCUT2D eigenvalue weighted by molar-refractivity contribution is 0.0921. The zero-order valence-corrected chi connectivity index (χ0v) is 11.1. The van der Waals surface area contributed by atoms with E-state index in [0.29, 0.717) is 22.8 Å². The zero-order chi connectivity index (χ0) is 13.9. The van der Waals surface area contributed by atoms with Gasteiger partial charge in [-0.3, -0.25) is 4.79 Å². The Labute approximate surface area is 116 Å². The first-order valence-corrected chi connectivity index (χ1v) is 6.35. The minimum atomic E-state index is -0.0531. The van der Waals surface area contributed by atoms with Crippen molar-refractivity contribution in [1.29, 1.82) is 0 Å². The molecule has 0 radical (unpaired) electrons. The number of fused-ring (bicyclic) bond motifs is 1. The van der Waals surface area contributed by atoms with Gasteiger partial charge >= 0.3 is 0 Å². The lowest BCUT2D eigenvalue weighted by atomic mass is 10.1. The van der Waals surface area contributed by atoms with Crippen LogP contribution in [0.5, 0.6) is 17.2 Å². The van der Waals surface area contributed by atoms with E-state index in [0.717, 1.165) is 5.56 Å². The molecule has 0 saturated carbocycles. The Morgan fingerprint density at radius 2 is 1.85 bits per heavy atom. The highest BCUT2D eigenvalue weighted by Gasteiger charge is 2.14. The minimum Gasteiger partial charge on any atom is -0.485 e. The lowest BCUT2D eigenvalue weighted by Crippen LogP contribution is -2.11. The maximum Gasteiger partial charge on any atom is 0.231 e. The van der Waals surface area contributed by atoms with Gasteiger partial charge in [-0.05, 0) is 19.1 Å². The topological polar surface area (TPSA) is 44.8 Å². The first-order valence-electron chi connectivity index (χ1n) is 6.35. The van der Waals surface area contributed by atoms with Crippen LogP contribution in [-0.2, 0) is 0 Å². The highest BCUT2D eigenvalue weighted by Crippen LogP contribution is 2.35. The summed E-state index contributed by atoms with van der Waals surface area (Å²) in [5.41, 5.74) is 1.77. The fourth-order valence-electron chi connectivity index (χ4n) is 1.94. The number of ether oxygens (including phenoxy) is 3. The molecule has 2 aromatic carbocycles. The van der Waals surface area contributed by atoms with Crippen LogP contribution in [0.3, 0.4) is 0 Å². The molecule has 0 bridgehead atoms. The van der Waals surface area contributed by atoms with Crippen molar-refractivity contribution < 1.29 is 19.0 Å². The molecule has 0 atom stereocenters. The first-order chi connectivity index (χ1) is 9.72. The third kappa shape index (κ3) is 2.59. The number of hydrogen-bond donors (Lipinski definition) is 0. The second-order valence-electron chi connectivity index (χ2n) is 4.59. The van der Waals surface area contributed by atoms with E-state index in [1.54, 1.807) is 30.3 Å². The highest BCUT2D eigenvalue weighted by molar-refractivity contribution is 5.97. The predicted octanol–water partition coefficient (Wildman–Crippen LogP) is 2.99. The molecular formula is C16H14O4. The summed E-state index contributed by atoms with van der Waals surface area (Å²) >= 11 is 0. The largest absolute Gasteiger partial charge is 0.485 e. The van der Waals surface area contributed by atoms with Gasteiger partial charge in [0.1, 0.15) is 5.75 Å². The summed E-state index contributed by atoms with van der Waals surface area (Å²) in [4.78, 5) is 12.0. The van der Waals surface area contributed by atoms with Crippen molar-refractivity contribution in [3.05, 3.63) is 53.6 Å². The number of hydrogen-bond acceptors (Lipinski definition) is 4. The van der Waals surface area contributed by atoms with Crippen molar-refractivity contribution in [2.75, 3.05) is 13.4 Å². The quantitative estimate of drug-likeness (QED) is 0.801. The van der Waals surface area contributed by atoms with E-state index in [9.17, 15) is 4.79 Å². The molecule has 0 aliphatic carbocycles. The van der Waals surface area contributed by atoms with Crippen molar-refractivity contribution in [1.82, 2.24) is 0 Å². The second-order valence-corrected chi connectivity index (χ2v) is 4.59. The van der Waals surface area contributed by atoms with Gasteiger partial charge in [-0.2, -0.15) is 0 Å². The van der Waals surface area contributed by atoms with Gasteiger partial charge in [-0.1, -0.05) is 29.8 Å². The van der Waals surface area contributed by atoms with Crippen LogP contribution in [0.1, 0.15) is 15.9 Å². The number of ketones is 1. The van der Waals surface area contributed by atoms with Crippen LogP contribution in [0.2, 0.25) is 0 Å². The Kier molecular flexibility index (Phi) is 3.29. The van der Waals surface area contributed by atoms with E-state index < -0.39 is 0 Å².